The van der Waals surface area contributed by atoms with Crippen LogP contribution in [0.1, 0.15) is 26.7 Å². The van der Waals surface area contributed by atoms with Crippen molar-refractivity contribution in [2.45, 2.75) is 26.7 Å². The van der Waals surface area contributed by atoms with E-state index >= 15 is 0 Å². The topological polar surface area (TPSA) is 104 Å². The second kappa shape index (κ2) is 7.95. The lowest BCUT2D eigenvalue weighted by Crippen LogP contribution is -2.30. The van der Waals surface area contributed by atoms with Gasteiger partial charge in [0.1, 0.15) is 5.02 Å². The minimum Gasteiger partial charge on any atom is -0.396 e. The lowest BCUT2D eigenvalue weighted by atomic mass is 9.89. The standard InChI is InChI=1S/C14H20ClN3O4/c1-14(2,9-19)6-3-7-16-13(20)17-10-4-5-11(15)12(8-10)18(21)22/h4-5,8,19H,3,6-7,9H2,1-2H3,(H2,16,17,20). The lowest BCUT2D eigenvalue weighted by molar-refractivity contribution is -0.384. The van der Waals surface area contributed by atoms with E-state index in [2.05, 4.69) is 10.6 Å². The summed E-state index contributed by atoms with van der Waals surface area (Å²) in [6.07, 6.45) is 1.50. The Balaban J connectivity index is 2.46. The first-order valence-corrected chi connectivity index (χ1v) is 7.22. The van der Waals surface area contributed by atoms with Crippen LogP contribution in [0.2, 0.25) is 5.02 Å². The van der Waals surface area contributed by atoms with Crippen molar-refractivity contribution in [2.24, 2.45) is 5.41 Å². The van der Waals surface area contributed by atoms with Crippen LogP contribution in [0.5, 0.6) is 0 Å². The number of amides is 2. The Bertz CT molecular complexity index is 549. The highest BCUT2D eigenvalue weighted by Gasteiger charge is 2.16. The molecule has 0 saturated carbocycles. The van der Waals surface area contributed by atoms with Gasteiger partial charge in [0, 0.05) is 24.9 Å². The summed E-state index contributed by atoms with van der Waals surface area (Å²) in [5.74, 6) is 0. The molecule has 122 valence electrons. The molecular weight excluding hydrogens is 310 g/mol. The van der Waals surface area contributed by atoms with Crippen LogP contribution in [0.4, 0.5) is 16.2 Å². The van der Waals surface area contributed by atoms with E-state index in [9.17, 15) is 14.9 Å². The van der Waals surface area contributed by atoms with Gasteiger partial charge in [-0.1, -0.05) is 25.4 Å². The van der Waals surface area contributed by atoms with Crippen LogP contribution < -0.4 is 10.6 Å². The number of nitrogens with one attached hydrogen (secondary N) is 2. The van der Waals surface area contributed by atoms with Gasteiger partial charge in [-0.05, 0) is 30.4 Å². The van der Waals surface area contributed by atoms with E-state index in [1.807, 2.05) is 13.8 Å². The van der Waals surface area contributed by atoms with Gasteiger partial charge in [-0.3, -0.25) is 10.1 Å². The predicted octanol–water partition coefficient (Wildman–Crippen LogP) is 3.17. The number of aliphatic hydroxyl groups excluding tert-OH is 1. The molecule has 1 rings (SSSR count). The SMILES string of the molecule is CC(C)(CO)CCCNC(=O)Nc1ccc(Cl)c([N+](=O)[O-])c1. The monoisotopic (exact) mass is 329 g/mol. The predicted molar refractivity (Wildman–Crippen MR) is 85.2 cm³/mol. The number of rotatable bonds is 7. The molecule has 2 amide bonds. The van der Waals surface area contributed by atoms with Gasteiger partial charge in [0.15, 0.2) is 0 Å². The van der Waals surface area contributed by atoms with Crippen molar-refractivity contribution in [3.8, 4) is 0 Å². The Labute approximate surface area is 133 Å². The number of benzene rings is 1. The van der Waals surface area contributed by atoms with Crippen LogP contribution in [0.15, 0.2) is 18.2 Å². The maximum absolute atomic E-state index is 11.7. The summed E-state index contributed by atoms with van der Waals surface area (Å²) in [6, 6.07) is 3.61. The molecule has 0 aliphatic heterocycles. The van der Waals surface area contributed by atoms with Gasteiger partial charge in [-0.25, -0.2) is 4.79 Å². The Morgan fingerprint density at radius 1 is 1.45 bits per heavy atom. The van der Waals surface area contributed by atoms with Crippen LogP contribution in [-0.4, -0.2) is 29.2 Å². The van der Waals surface area contributed by atoms with Gasteiger partial charge in [0.05, 0.1) is 4.92 Å². The fourth-order valence-electron chi connectivity index (χ4n) is 1.75. The molecule has 0 saturated heterocycles. The van der Waals surface area contributed by atoms with Crippen LogP contribution in [-0.2, 0) is 0 Å². The third-order valence-corrected chi connectivity index (χ3v) is 3.46. The Kier molecular flexibility index (Phi) is 6.58. The second-order valence-corrected chi connectivity index (χ2v) is 6.14. The summed E-state index contributed by atoms with van der Waals surface area (Å²) >= 11 is 5.70. The number of anilines is 1. The van der Waals surface area contributed by atoms with Crippen LogP contribution >= 0.6 is 11.6 Å². The van der Waals surface area contributed by atoms with Crippen molar-refractivity contribution < 1.29 is 14.8 Å². The quantitative estimate of drug-likeness (QED) is 0.406. The van der Waals surface area contributed by atoms with Gasteiger partial charge in [0.25, 0.3) is 5.69 Å². The Morgan fingerprint density at radius 3 is 2.73 bits per heavy atom. The molecule has 0 fully saturated rings. The third kappa shape index (κ3) is 5.87. The van der Waals surface area contributed by atoms with Crippen molar-refractivity contribution >= 4 is 29.0 Å². The largest absolute Gasteiger partial charge is 0.396 e. The maximum Gasteiger partial charge on any atom is 0.319 e. The smallest absolute Gasteiger partial charge is 0.319 e. The molecule has 0 spiro atoms. The Morgan fingerprint density at radius 2 is 2.14 bits per heavy atom. The number of halogens is 1. The number of hydrogen-bond acceptors (Lipinski definition) is 4. The number of hydrogen-bond donors (Lipinski definition) is 3. The summed E-state index contributed by atoms with van der Waals surface area (Å²) in [5.41, 5.74) is -0.136. The van der Waals surface area contributed by atoms with E-state index in [1.165, 1.54) is 18.2 Å². The zero-order valence-corrected chi connectivity index (χ0v) is 13.3. The average Bonchev–Trinajstić information content (AvgIpc) is 2.45. The number of carbonyl (C=O) groups excluding carboxylic acids is 1. The zero-order chi connectivity index (χ0) is 16.8. The minimum atomic E-state index is -0.609. The molecule has 0 aliphatic rings. The minimum absolute atomic E-state index is 0.0159. The average molecular weight is 330 g/mol. The molecular formula is C14H20ClN3O4. The van der Waals surface area contributed by atoms with Gasteiger partial charge < -0.3 is 15.7 Å². The molecule has 7 nitrogen and oxygen atoms in total. The van der Waals surface area contributed by atoms with Crippen LogP contribution in [0.25, 0.3) is 0 Å². The van der Waals surface area contributed by atoms with E-state index < -0.39 is 11.0 Å². The number of urea groups is 1. The third-order valence-electron chi connectivity index (χ3n) is 3.14. The van der Waals surface area contributed by atoms with Gasteiger partial charge >= 0.3 is 6.03 Å². The first kappa shape index (κ1) is 18.2. The summed E-state index contributed by atoms with van der Waals surface area (Å²) in [4.78, 5) is 21.9. The molecule has 1 aromatic carbocycles. The van der Waals surface area contributed by atoms with Gasteiger partial charge in [-0.15, -0.1) is 0 Å². The van der Waals surface area contributed by atoms with E-state index in [4.69, 9.17) is 16.7 Å². The van der Waals surface area contributed by atoms with E-state index in [-0.39, 0.29) is 22.7 Å². The summed E-state index contributed by atoms with van der Waals surface area (Å²) in [5, 5.41) is 25.1. The number of aliphatic hydroxyl groups is 1. The number of nitro benzene ring substituents is 1. The van der Waals surface area contributed by atoms with Crippen molar-refractivity contribution in [3.63, 3.8) is 0 Å². The van der Waals surface area contributed by atoms with E-state index in [1.54, 1.807) is 0 Å². The Hall–Kier alpha value is -1.86. The molecule has 0 radical (unpaired) electrons. The van der Waals surface area contributed by atoms with E-state index in [0.29, 0.717) is 12.2 Å². The van der Waals surface area contributed by atoms with Crippen LogP contribution in [0, 0.1) is 15.5 Å². The summed E-state index contributed by atoms with van der Waals surface area (Å²) in [7, 11) is 0. The van der Waals surface area contributed by atoms with Crippen molar-refractivity contribution in [3.05, 3.63) is 33.3 Å². The fraction of sp³-hybridized carbons (Fsp3) is 0.500. The zero-order valence-electron chi connectivity index (χ0n) is 12.6. The molecule has 0 heterocycles. The fourth-order valence-corrected chi connectivity index (χ4v) is 1.94. The van der Waals surface area contributed by atoms with Crippen molar-refractivity contribution in [1.82, 2.24) is 5.32 Å². The highest BCUT2D eigenvalue weighted by Crippen LogP contribution is 2.27. The summed E-state index contributed by atoms with van der Waals surface area (Å²) < 4.78 is 0. The maximum atomic E-state index is 11.7. The molecule has 0 bridgehead atoms. The number of carbonyl (C=O) groups is 1. The normalized spacial score (nSPS) is 11.1. The second-order valence-electron chi connectivity index (χ2n) is 5.73. The van der Waals surface area contributed by atoms with Crippen LogP contribution in [0.3, 0.4) is 0 Å². The molecule has 8 heteroatoms. The lowest BCUT2D eigenvalue weighted by Gasteiger charge is -2.21. The summed E-state index contributed by atoms with van der Waals surface area (Å²) in [6.45, 7) is 4.43. The number of nitrogens with zero attached hydrogens (tertiary/aromatic N) is 1. The highest BCUT2D eigenvalue weighted by atomic mass is 35.5. The molecule has 0 aromatic heterocycles. The van der Waals surface area contributed by atoms with Crippen molar-refractivity contribution in [1.29, 1.82) is 0 Å². The molecule has 22 heavy (non-hydrogen) atoms. The van der Waals surface area contributed by atoms with E-state index in [0.717, 1.165) is 12.8 Å². The highest BCUT2D eigenvalue weighted by molar-refractivity contribution is 6.32. The molecule has 0 atom stereocenters. The molecule has 1 aromatic rings. The van der Waals surface area contributed by atoms with Gasteiger partial charge in [0.2, 0.25) is 0 Å². The first-order valence-electron chi connectivity index (χ1n) is 6.85. The molecule has 0 aliphatic carbocycles. The van der Waals surface area contributed by atoms with Crippen molar-refractivity contribution in [2.75, 3.05) is 18.5 Å². The molecule has 3 N–H and O–H groups in total. The van der Waals surface area contributed by atoms with Gasteiger partial charge in [-0.2, -0.15) is 0 Å². The molecule has 0 unspecified atom stereocenters. The number of nitro groups is 1. The first-order chi connectivity index (χ1) is 10.2.